The molecule has 8 nitrogen and oxygen atoms in total. The number of amides is 1. The van der Waals surface area contributed by atoms with Crippen molar-refractivity contribution >= 4 is 21.8 Å². The number of ether oxygens (including phenoxy) is 1. The van der Waals surface area contributed by atoms with Crippen molar-refractivity contribution in [2.45, 2.75) is 13.0 Å². The van der Waals surface area contributed by atoms with Gasteiger partial charge in [0.15, 0.2) is 0 Å². The smallest absolute Gasteiger partial charge is 0.301 e. The number of nitrogens with one attached hydrogen (secondary N) is 2. The van der Waals surface area contributed by atoms with Gasteiger partial charge in [-0.05, 0) is 30.7 Å². The molecule has 1 heterocycles. The molecule has 0 fully saturated rings. The van der Waals surface area contributed by atoms with Gasteiger partial charge in [-0.3, -0.25) is 14.7 Å². The predicted octanol–water partition coefficient (Wildman–Crippen LogP) is 1.75. The highest BCUT2D eigenvalue weighted by Crippen LogP contribution is 2.26. The molecule has 0 saturated carbocycles. The molecule has 1 aliphatic rings. The molecule has 0 unspecified atom stereocenters. The lowest BCUT2D eigenvalue weighted by Gasteiger charge is -2.26. The summed E-state index contributed by atoms with van der Waals surface area (Å²) in [4.78, 5) is 11.5. The van der Waals surface area contributed by atoms with Crippen LogP contribution in [0, 0.1) is 0 Å². The van der Waals surface area contributed by atoms with E-state index in [0.29, 0.717) is 36.6 Å². The van der Waals surface area contributed by atoms with Gasteiger partial charge in [0.05, 0.1) is 6.61 Å². The van der Waals surface area contributed by atoms with E-state index in [1.165, 1.54) is 16.4 Å². The van der Waals surface area contributed by atoms with Crippen LogP contribution < -0.4 is 14.9 Å². The number of anilines is 1. The fraction of sp³-hybridized carbons (Fsp3) is 0.235. The quantitative estimate of drug-likeness (QED) is 0.556. The number of carbonyl (C=O) groups excluding carboxylic acids is 1. The van der Waals surface area contributed by atoms with Gasteiger partial charge >= 0.3 is 10.2 Å². The summed E-state index contributed by atoms with van der Waals surface area (Å²) < 4.78 is 35.0. The van der Waals surface area contributed by atoms with E-state index in [9.17, 15) is 13.2 Å². The number of para-hydroxylation sites is 1. The summed E-state index contributed by atoms with van der Waals surface area (Å²) in [6, 6.07) is 13.3. The predicted molar refractivity (Wildman–Crippen MR) is 95.2 cm³/mol. The highest BCUT2D eigenvalue weighted by molar-refractivity contribution is 7.90. The van der Waals surface area contributed by atoms with Crippen LogP contribution >= 0.6 is 0 Å². The van der Waals surface area contributed by atoms with Gasteiger partial charge in [0, 0.05) is 29.9 Å². The van der Waals surface area contributed by atoms with Gasteiger partial charge < -0.3 is 4.74 Å². The standard InChI is InChI=1S/C17H19N3O5S/c21-17(18-22)13-7-8-14-12-20(9-4-10-25-16(14)11-13)26(23,24)19-15-5-2-1-3-6-15/h1-3,5-8,11,19,22H,4,9-10,12H2,(H,18,21). The molecule has 26 heavy (non-hydrogen) atoms. The van der Waals surface area contributed by atoms with E-state index < -0.39 is 16.1 Å². The summed E-state index contributed by atoms with van der Waals surface area (Å²) in [6.07, 6.45) is 0.506. The van der Waals surface area contributed by atoms with E-state index in [4.69, 9.17) is 9.94 Å². The Morgan fingerprint density at radius 3 is 2.65 bits per heavy atom. The highest BCUT2D eigenvalue weighted by Gasteiger charge is 2.25. The van der Waals surface area contributed by atoms with Gasteiger partial charge in [-0.2, -0.15) is 12.7 Å². The Balaban J connectivity index is 1.85. The second-order valence-corrected chi connectivity index (χ2v) is 7.44. The zero-order valence-corrected chi connectivity index (χ0v) is 14.7. The first-order chi connectivity index (χ1) is 12.5. The molecule has 3 N–H and O–H groups in total. The minimum atomic E-state index is -3.74. The van der Waals surface area contributed by atoms with Crippen molar-refractivity contribution in [2.24, 2.45) is 0 Å². The van der Waals surface area contributed by atoms with Gasteiger partial charge in [0.25, 0.3) is 5.91 Å². The lowest BCUT2D eigenvalue weighted by molar-refractivity contribution is 0.0706. The monoisotopic (exact) mass is 377 g/mol. The first-order valence-electron chi connectivity index (χ1n) is 8.03. The summed E-state index contributed by atoms with van der Waals surface area (Å²) in [5.41, 5.74) is 2.91. The molecule has 0 bridgehead atoms. The summed E-state index contributed by atoms with van der Waals surface area (Å²) in [5.74, 6) is -0.237. The van der Waals surface area contributed by atoms with Crippen molar-refractivity contribution < 1.29 is 23.2 Å². The Bertz CT molecular complexity index is 887. The van der Waals surface area contributed by atoms with Crippen molar-refractivity contribution in [1.82, 2.24) is 9.79 Å². The van der Waals surface area contributed by atoms with Crippen LogP contribution in [0.5, 0.6) is 5.75 Å². The number of benzene rings is 2. The topological polar surface area (TPSA) is 108 Å². The van der Waals surface area contributed by atoms with E-state index in [1.54, 1.807) is 35.8 Å². The Hall–Kier alpha value is -2.62. The molecule has 0 atom stereocenters. The summed E-state index contributed by atoms with van der Waals surface area (Å²) in [5, 5.41) is 8.75. The van der Waals surface area contributed by atoms with Crippen LogP contribution in [0.15, 0.2) is 48.5 Å². The van der Waals surface area contributed by atoms with Crippen LogP contribution in [-0.2, 0) is 16.8 Å². The van der Waals surface area contributed by atoms with Crippen LogP contribution in [0.25, 0.3) is 0 Å². The second-order valence-electron chi connectivity index (χ2n) is 5.77. The Morgan fingerprint density at radius 1 is 1.15 bits per heavy atom. The molecule has 2 aromatic carbocycles. The van der Waals surface area contributed by atoms with Crippen LogP contribution in [0.2, 0.25) is 0 Å². The molecule has 3 rings (SSSR count). The second kappa shape index (κ2) is 7.73. The molecule has 2 aromatic rings. The number of hydrogen-bond donors (Lipinski definition) is 3. The summed E-state index contributed by atoms with van der Waals surface area (Å²) in [6.45, 7) is 0.730. The van der Waals surface area contributed by atoms with Crippen LogP contribution in [0.3, 0.4) is 0 Å². The number of rotatable bonds is 4. The number of hydroxylamine groups is 1. The fourth-order valence-electron chi connectivity index (χ4n) is 2.64. The third-order valence-electron chi connectivity index (χ3n) is 3.95. The van der Waals surface area contributed by atoms with Crippen molar-refractivity contribution in [3.63, 3.8) is 0 Å². The number of carbonyl (C=O) groups is 1. The molecule has 0 spiro atoms. The van der Waals surface area contributed by atoms with Crippen molar-refractivity contribution in [2.75, 3.05) is 17.9 Å². The minimum Gasteiger partial charge on any atom is -0.493 e. The molecular weight excluding hydrogens is 358 g/mol. The van der Waals surface area contributed by atoms with E-state index in [1.807, 2.05) is 6.07 Å². The first kappa shape index (κ1) is 18.2. The SMILES string of the molecule is O=C(NO)c1ccc2c(c1)OCCCN(S(=O)(=O)Nc1ccccc1)C2. The minimum absolute atomic E-state index is 0.110. The molecule has 138 valence electrons. The van der Waals surface area contributed by atoms with Crippen molar-refractivity contribution in [3.8, 4) is 5.75 Å². The zero-order valence-electron chi connectivity index (χ0n) is 13.9. The molecule has 0 aliphatic carbocycles. The van der Waals surface area contributed by atoms with Crippen molar-refractivity contribution in [1.29, 1.82) is 0 Å². The number of hydrogen-bond acceptors (Lipinski definition) is 5. The number of fused-ring (bicyclic) bond motifs is 1. The van der Waals surface area contributed by atoms with E-state index in [2.05, 4.69) is 4.72 Å². The first-order valence-corrected chi connectivity index (χ1v) is 9.47. The number of nitrogens with zero attached hydrogens (tertiary/aromatic N) is 1. The lowest BCUT2D eigenvalue weighted by Crippen LogP contribution is -2.37. The molecule has 9 heteroatoms. The molecule has 0 aromatic heterocycles. The van der Waals surface area contributed by atoms with Crippen LogP contribution in [-0.4, -0.2) is 37.0 Å². The Labute approximate surface area is 151 Å². The lowest BCUT2D eigenvalue weighted by atomic mass is 10.1. The van der Waals surface area contributed by atoms with Crippen LogP contribution in [0.1, 0.15) is 22.3 Å². The highest BCUT2D eigenvalue weighted by atomic mass is 32.2. The summed E-state index contributed by atoms with van der Waals surface area (Å²) >= 11 is 0. The average Bonchev–Trinajstić information content (AvgIpc) is 2.61. The van der Waals surface area contributed by atoms with Gasteiger partial charge in [-0.15, -0.1) is 0 Å². The molecule has 1 aliphatic heterocycles. The van der Waals surface area contributed by atoms with E-state index in [-0.39, 0.29) is 12.1 Å². The van der Waals surface area contributed by atoms with E-state index >= 15 is 0 Å². The van der Waals surface area contributed by atoms with Gasteiger partial charge in [0.1, 0.15) is 5.75 Å². The third kappa shape index (κ3) is 4.13. The third-order valence-corrected chi connectivity index (χ3v) is 5.43. The van der Waals surface area contributed by atoms with Crippen molar-refractivity contribution in [3.05, 3.63) is 59.7 Å². The average molecular weight is 377 g/mol. The van der Waals surface area contributed by atoms with E-state index in [0.717, 1.165) is 0 Å². The Morgan fingerprint density at radius 2 is 1.92 bits per heavy atom. The van der Waals surface area contributed by atoms with Gasteiger partial charge in [-0.1, -0.05) is 24.3 Å². The normalized spacial score (nSPS) is 15.1. The van der Waals surface area contributed by atoms with Crippen LogP contribution in [0.4, 0.5) is 5.69 Å². The summed E-state index contributed by atoms with van der Waals surface area (Å²) in [7, 11) is -3.74. The van der Waals surface area contributed by atoms with Gasteiger partial charge in [-0.25, -0.2) is 5.48 Å². The molecule has 0 radical (unpaired) electrons. The maximum absolute atomic E-state index is 12.7. The maximum Gasteiger partial charge on any atom is 0.301 e. The molecular formula is C17H19N3O5S. The largest absolute Gasteiger partial charge is 0.493 e. The Kier molecular flexibility index (Phi) is 5.40. The fourth-order valence-corrected chi connectivity index (χ4v) is 3.88. The van der Waals surface area contributed by atoms with Gasteiger partial charge in [0.2, 0.25) is 0 Å². The zero-order chi connectivity index (χ0) is 18.6. The molecule has 1 amide bonds. The maximum atomic E-state index is 12.7. The molecule has 0 saturated heterocycles.